The smallest absolute Gasteiger partial charge is 0.0675 e. The van der Waals surface area contributed by atoms with E-state index in [1.165, 1.54) is 0 Å². The summed E-state index contributed by atoms with van der Waals surface area (Å²) in [7, 11) is 8.50. The molecule has 0 unspecified atom stereocenters. The van der Waals surface area contributed by atoms with Gasteiger partial charge in [-0.3, -0.25) is 0 Å². The van der Waals surface area contributed by atoms with Crippen molar-refractivity contribution in [1.82, 2.24) is 6.15 Å². The van der Waals surface area contributed by atoms with Crippen LogP contribution in [0.5, 0.6) is 0 Å². The first-order valence-electron chi connectivity index (χ1n) is 1.79. The largest absolute Gasteiger partial charge is 1.00 e. The number of halogens is 2. The minimum absolute atomic E-state index is 0. The quantitative estimate of drug-likeness (QED) is 0.318. The third-order valence-corrected chi connectivity index (χ3v) is 0. The first kappa shape index (κ1) is 25.0. The molecule has 0 aromatic heterocycles. The maximum atomic E-state index is 2.12. The third kappa shape index (κ3) is 2730. The summed E-state index contributed by atoms with van der Waals surface area (Å²) in [5, 5.41) is 0. The maximum absolute atomic E-state index is 2.12. The van der Waals surface area contributed by atoms with Crippen LogP contribution in [0.2, 0.25) is 0 Å². The summed E-state index contributed by atoms with van der Waals surface area (Å²) >= 11 is 0. The molecule has 56 valence electrons. The van der Waals surface area contributed by atoms with Crippen LogP contribution >= 0.6 is 0 Å². The Bertz CT molecular complexity index is 27.5. The van der Waals surface area contributed by atoms with Crippen molar-refractivity contribution in [2.75, 3.05) is 28.2 Å². The summed E-state index contributed by atoms with van der Waals surface area (Å²) in [4.78, 5) is 0. The van der Waals surface area contributed by atoms with Crippen LogP contribution in [0.15, 0.2) is 0 Å². The molecular formula is C4H16F2N2. The molecule has 0 rings (SSSR count). The molecule has 0 aliphatic heterocycles. The van der Waals surface area contributed by atoms with Gasteiger partial charge in [-0.25, -0.2) is 0 Å². The Hall–Kier alpha value is -0.220. The van der Waals surface area contributed by atoms with Gasteiger partial charge in [-0.15, -0.1) is 0 Å². The van der Waals surface area contributed by atoms with Gasteiger partial charge in [0.15, 0.2) is 0 Å². The van der Waals surface area contributed by atoms with Crippen molar-refractivity contribution < 1.29 is 13.9 Å². The van der Waals surface area contributed by atoms with E-state index in [1.54, 1.807) is 0 Å². The fourth-order valence-electron chi connectivity index (χ4n) is 0. The lowest BCUT2D eigenvalue weighted by Gasteiger charge is -2.14. The average molecular weight is 130 g/mol. The van der Waals surface area contributed by atoms with Gasteiger partial charge in [-0.05, 0) is 0 Å². The van der Waals surface area contributed by atoms with Crippen molar-refractivity contribution in [3.8, 4) is 0 Å². The van der Waals surface area contributed by atoms with Crippen molar-refractivity contribution in [1.29, 1.82) is 0 Å². The van der Waals surface area contributed by atoms with Gasteiger partial charge in [-0.2, -0.15) is 0 Å². The molecule has 0 atom stereocenters. The first-order chi connectivity index (χ1) is 2.00. The maximum Gasteiger partial charge on any atom is 0.0675 e. The summed E-state index contributed by atoms with van der Waals surface area (Å²) in [5.74, 6) is 0. The lowest BCUT2D eigenvalue weighted by atomic mass is 10.8. The molecule has 0 heterocycles. The van der Waals surface area contributed by atoms with E-state index in [2.05, 4.69) is 28.2 Å². The second-order valence-electron chi connectivity index (χ2n) is 2.68. The van der Waals surface area contributed by atoms with E-state index in [0.29, 0.717) is 0 Å². The van der Waals surface area contributed by atoms with Gasteiger partial charge >= 0.3 is 0 Å². The second kappa shape index (κ2) is 6.78. The van der Waals surface area contributed by atoms with Gasteiger partial charge in [0.1, 0.15) is 0 Å². The molecule has 0 radical (unpaired) electrons. The SMILES string of the molecule is C[N+](C)(C)C.[F-].[F-].[NH4+]. The summed E-state index contributed by atoms with van der Waals surface area (Å²) in [6.45, 7) is 0. The standard InChI is InChI=1S/C4H12N.2FH.H3N/c1-5(2,3)4;;;/h1-4H3;2*1H;1H3/q+1;;;/p-1. The lowest BCUT2D eigenvalue weighted by Crippen LogP contribution is -3.00. The average Bonchev–Trinajstić information content (AvgIpc) is 0.722. The van der Waals surface area contributed by atoms with Crippen molar-refractivity contribution in [2.45, 2.75) is 0 Å². The minimum Gasteiger partial charge on any atom is -1.00 e. The molecule has 0 aliphatic rings. The highest BCUT2D eigenvalue weighted by Gasteiger charge is 1.88. The number of hydrogen-bond donors (Lipinski definition) is 1. The predicted molar refractivity (Wildman–Crippen MR) is 29.9 cm³/mol. The highest BCUT2D eigenvalue weighted by molar-refractivity contribution is 3.87. The number of quaternary nitrogens is 2. The summed E-state index contributed by atoms with van der Waals surface area (Å²) in [6.07, 6.45) is 0. The first-order valence-corrected chi connectivity index (χ1v) is 1.79. The van der Waals surface area contributed by atoms with E-state index in [9.17, 15) is 0 Å². The minimum atomic E-state index is 0. The van der Waals surface area contributed by atoms with Crippen molar-refractivity contribution in [2.24, 2.45) is 0 Å². The molecule has 0 saturated heterocycles. The zero-order chi connectivity index (χ0) is 4.50. The molecule has 0 amide bonds. The van der Waals surface area contributed by atoms with E-state index < -0.39 is 0 Å². The normalized spacial score (nSPS) is 7.50. The van der Waals surface area contributed by atoms with E-state index in [4.69, 9.17) is 0 Å². The zero-order valence-electron chi connectivity index (χ0n) is 6.20. The topological polar surface area (TPSA) is 36.5 Å². The van der Waals surface area contributed by atoms with Gasteiger partial charge in [0, 0.05) is 0 Å². The van der Waals surface area contributed by atoms with Crippen LogP contribution in [-0.2, 0) is 0 Å². The van der Waals surface area contributed by atoms with Crippen molar-refractivity contribution >= 4 is 0 Å². The molecule has 4 heteroatoms. The van der Waals surface area contributed by atoms with Gasteiger partial charge in [0.25, 0.3) is 0 Å². The summed E-state index contributed by atoms with van der Waals surface area (Å²) in [5.41, 5.74) is 0. The van der Waals surface area contributed by atoms with E-state index in [0.717, 1.165) is 4.48 Å². The van der Waals surface area contributed by atoms with Crippen molar-refractivity contribution in [3.05, 3.63) is 0 Å². The Morgan fingerprint density at radius 1 is 0.750 bits per heavy atom. The predicted octanol–water partition coefficient (Wildman–Crippen LogP) is -5.29. The molecule has 0 saturated carbocycles. The molecule has 0 spiro atoms. The van der Waals surface area contributed by atoms with E-state index in [-0.39, 0.29) is 15.6 Å². The number of nitrogens with zero attached hydrogens (tertiary/aromatic N) is 1. The molecule has 8 heavy (non-hydrogen) atoms. The van der Waals surface area contributed by atoms with Crippen LogP contribution < -0.4 is 15.6 Å². The molecule has 2 nitrogen and oxygen atoms in total. The molecule has 4 N–H and O–H groups in total. The Kier molecular flexibility index (Phi) is 21.2. The Balaban J connectivity index is -0.0000000267. The lowest BCUT2D eigenvalue weighted by molar-refractivity contribution is -0.849. The molecule has 0 fully saturated rings. The summed E-state index contributed by atoms with van der Waals surface area (Å²) < 4.78 is 1.00. The summed E-state index contributed by atoms with van der Waals surface area (Å²) in [6, 6.07) is 0. The van der Waals surface area contributed by atoms with Gasteiger partial charge in [0.2, 0.25) is 0 Å². The van der Waals surface area contributed by atoms with Gasteiger partial charge in [-0.1, -0.05) is 0 Å². The fraction of sp³-hybridized carbons (Fsp3) is 1.00. The molecule has 0 bridgehead atoms. The van der Waals surface area contributed by atoms with Crippen molar-refractivity contribution in [3.63, 3.8) is 0 Å². The van der Waals surface area contributed by atoms with Crippen LogP contribution in [0.25, 0.3) is 0 Å². The third-order valence-electron chi connectivity index (χ3n) is 0. The Morgan fingerprint density at radius 2 is 0.750 bits per heavy atom. The number of hydrogen-bond acceptors (Lipinski definition) is 0. The van der Waals surface area contributed by atoms with Crippen LogP contribution in [-0.4, -0.2) is 32.7 Å². The molecule has 0 aromatic carbocycles. The fourth-order valence-corrected chi connectivity index (χ4v) is 0. The molecule has 0 aromatic rings. The van der Waals surface area contributed by atoms with E-state index >= 15 is 0 Å². The Labute approximate surface area is 49.4 Å². The zero-order valence-corrected chi connectivity index (χ0v) is 6.20. The van der Waals surface area contributed by atoms with Crippen LogP contribution in [0.3, 0.4) is 0 Å². The monoisotopic (exact) mass is 130 g/mol. The van der Waals surface area contributed by atoms with Gasteiger partial charge in [0.05, 0.1) is 28.2 Å². The van der Waals surface area contributed by atoms with Crippen LogP contribution in [0, 0.1) is 0 Å². The Morgan fingerprint density at radius 3 is 0.750 bits per heavy atom. The highest BCUT2D eigenvalue weighted by Crippen LogP contribution is 1.73. The van der Waals surface area contributed by atoms with E-state index in [1.807, 2.05) is 0 Å². The van der Waals surface area contributed by atoms with Crippen LogP contribution in [0.1, 0.15) is 0 Å². The second-order valence-corrected chi connectivity index (χ2v) is 2.68. The number of rotatable bonds is 0. The van der Waals surface area contributed by atoms with Crippen LogP contribution in [0.4, 0.5) is 0 Å². The molecular weight excluding hydrogens is 114 g/mol. The van der Waals surface area contributed by atoms with Gasteiger partial charge < -0.3 is 20.0 Å². The highest BCUT2D eigenvalue weighted by atomic mass is 19.0. The molecule has 0 aliphatic carbocycles.